The molecule has 0 atom stereocenters. The molecule has 2 aromatic rings. The van der Waals surface area contributed by atoms with Crippen LogP contribution in [0.15, 0.2) is 58.5 Å². The number of hydrogen-bond acceptors (Lipinski definition) is 6. The summed E-state index contributed by atoms with van der Waals surface area (Å²) in [5.74, 6) is 0. The number of nitrogens with one attached hydrogen (secondary N) is 1. The number of nitro groups is 1. The highest BCUT2D eigenvalue weighted by atomic mass is 32.2. The predicted molar refractivity (Wildman–Crippen MR) is 113 cm³/mol. The fraction of sp³-hybridized carbons (Fsp3) is 0.350. The van der Waals surface area contributed by atoms with Crippen molar-refractivity contribution in [2.75, 3.05) is 18.5 Å². The summed E-state index contributed by atoms with van der Waals surface area (Å²) >= 11 is 0. The Kier molecular flexibility index (Phi) is 6.60. The van der Waals surface area contributed by atoms with Gasteiger partial charge in [0.15, 0.2) is 0 Å². The normalized spacial score (nSPS) is 15.4. The molecule has 1 N–H and O–H groups in total. The summed E-state index contributed by atoms with van der Waals surface area (Å²) in [5, 5.41) is 15.9. The molecule has 0 aliphatic carbocycles. The molecular formula is C20H24N4O4S. The lowest BCUT2D eigenvalue weighted by Crippen LogP contribution is -2.27. The molecule has 0 amide bonds. The lowest BCUT2D eigenvalue weighted by molar-refractivity contribution is -0.384. The van der Waals surface area contributed by atoms with Crippen molar-refractivity contribution in [2.24, 2.45) is 5.10 Å². The average molecular weight is 417 g/mol. The lowest BCUT2D eigenvalue weighted by atomic mass is 10.1. The van der Waals surface area contributed by atoms with Gasteiger partial charge in [0.1, 0.15) is 5.69 Å². The number of sulfonamides is 1. The van der Waals surface area contributed by atoms with E-state index in [1.807, 2.05) is 37.3 Å². The topological polar surface area (TPSA) is 105 Å². The standard InChI is InChI=1S/C20H24N4O4S/c1-2-8-18(16-9-4-3-5-10-16)21-22-19-12-11-17(15-20(19)24(25)26)29(27,28)23-13-6-7-14-23/h3-5,9-12,15,22H,2,6-8,13-14H2,1H3/b21-18-. The fourth-order valence-electron chi connectivity index (χ4n) is 3.25. The van der Waals surface area contributed by atoms with Gasteiger partial charge in [-0.15, -0.1) is 0 Å². The van der Waals surface area contributed by atoms with Gasteiger partial charge in [-0.25, -0.2) is 8.42 Å². The van der Waals surface area contributed by atoms with Crippen LogP contribution in [0.2, 0.25) is 0 Å². The molecule has 9 heteroatoms. The van der Waals surface area contributed by atoms with Crippen LogP contribution < -0.4 is 5.43 Å². The second-order valence-electron chi connectivity index (χ2n) is 6.83. The minimum absolute atomic E-state index is 0.0718. The van der Waals surface area contributed by atoms with E-state index in [-0.39, 0.29) is 16.3 Å². The zero-order valence-corrected chi connectivity index (χ0v) is 17.1. The summed E-state index contributed by atoms with van der Waals surface area (Å²) in [6.45, 7) is 2.91. The monoisotopic (exact) mass is 416 g/mol. The van der Waals surface area contributed by atoms with Crippen LogP contribution in [-0.4, -0.2) is 36.4 Å². The molecule has 1 fully saturated rings. The van der Waals surface area contributed by atoms with Crippen LogP contribution in [0, 0.1) is 10.1 Å². The van der Waals surface area contributed by atoms with Gasteiger partial charge in [0.25, 0.3) is 5.69 Å². The maximum atomic E-state index is 12.7. The third-order valence-electron chi connectivity index (χ3n) is 4.77. The molecule has 3 rings (SSSR count). The largest absolute Gasteiger partial charge is 0.295 e. The summed E-state index contributed by atoms with van der Waals surface area (Å²) < 4.78 is 26.8. The van der Waals surface area contributed by atoms with Crippen LogP contribution in [0.3, 0.4) is 0 Å². The highest BCUT2D eigenvalue weighted by Gasteiger charge is 2.29. The Labute approximate surface area is 170 Å². The van der Waals surface area contributed by atoms with Crippen molar-refractivity contribution in [3.05, 3.63) is 64.2 Å². The Morgan fingerprint density at radius 3 is 2.48 bits per heavy atom. The molecule has 1 aliphatic heterocycles. The van der Waals surface area contributed by atoms with E-state index in [9.17, 15) is 18.5 Å². The van der Waals surface area contributed by atoms with E-state index < -0.39 is 14.9 Å². The number of nitrogens with zero attached hydrogens (tertiary/aromatic N) is 3. The number of nitro benzene ring substituents is 1. The first-order valence-electron chi connectivity index (χ1n) is 9.60. The SMILES string of the molecule is CCC/C(=N/Nc1ccc(S(=O)(=O)N2CCCC2)cc1[N+](=O)[O-])c1ccccc1. The minimum atomic E-state index is -3.73. The Morgan fingerprint density at radius 1 is 1.17 bits per heavy atom. The quantitative estimate of drug-likeness (QED) is 0.398. The van der Waals surface area contributed by atoms with Gasteiger partial charge in [-0.2, -0.15) is 9.41 Å². The second-order valence-corrected chi connectivity index (χ2v) is 8.77. The van der Waals surface area contributed by atoms with Gasteiger partial charge >= 0.3 is 0 Å². The molecule has 0 saturated carbocycles. The van der Waals surface area contributed by atoms with E-state index in [1.165, 1.54) is 16.4 Å². The molecule has 2 aromatic carbocycles. The molecule has 0 unspecified atom stereocenters. The van der Waals surface area contributed by atoms with Crippen LogP contribution in [0.5, 0.6) is 0 Å². The van der Waals surface area contributed by atoms with Gasteiger partial charge in [-0.1, -0.05) is 43.7 Å². The highest BCUT2D eigenvalue weighted by molar-refractivity contribution is 7.89. The lowest BCUT2D eigenvalue weighted by Gasteiger charge is -2.15. The van der Waals surface area contributed by atoms with Crippen molar-refractivity contribution >= 4 is 27.1 Å². The average Bonchev–Trinajstić information content (AvgIpc) is 3.27. The molecular weight excluding hydrogens is 392 g/mol. The van der Waals surface area contributed by atoms with Crippen molar-refractivity contribution in [3.63, 3.8) is 0 Å². The van der Waals surface area contributed by atoms with Gasteiger partial charge in [-0.05, 0) is 37.0 Å². The van der Waals surface area contributed by atoms with Crippen molar-refractivity contribution in [2.45, 2.75) is 37.5 Å². The van der Waals surface area contributed by atoms with Gasteiger partial charge in [0.2, 0.25) is 10.0 Å². The second kappa shape index (κ2) is 9.15. The van der Waals surface area contributed by atoms with Crippen LogP contribution in [0.1, 0.15) is 38.2 Å². The van der Waals surface area contributed by atoms with E-state index in [0.29, 0.717) is 19.5 Å². The Balaban J connectivity index is 1.92. The Hall–Kier alpha value is -2.78. The molecule has 1 heterocycles. The number of benzene rings is 2. The first-order chi connectivity index (χ1) is 13.9. The van der Waals surface area contributed by atoms with E-state index >= 15 is 0 Å². The molecule has 0 aromatic heterocycles. The summed E-state index contributed by atoms with van der Waals surface area (Å²) in [6, 6.07) is 13.5. The third-order valence-corrected chi connectivity index (χ3v) is 6.67. The van der Waals surface area contributed by atoms with Gasteiger partial charge in [-0.3, -0.25) is 15.5 Å². The van der Waals surface area contributed by atoms with Gasteiger partial charge in [0.05, 0.1) is 15.5 Å². The van der Waals surface area contributed by atoms with E-state index in [4.69, 9.17) is 0 Å². The molecule has 1 aliphatic rings. The molecule has 8 nitrogen and oxygen atoms in total. The van der Waals surface area contributed by atoms with Crippen LogP contribution in [0.25, 0.3) is 0 Å². The van der Waals surface area contributed by atoms with Crippen LogP contribution in [0.4, 0.5) is 11.4 Å². The Bertz CT molecular complexity index is 1000. The first kappa shape index (κ1) is 20.9. The number of anilines is 1. The van der Waals surface area contributed by atoms with Crippen LogP contribution >= 0.6 is 0 Å². The van der Waals surface area contributed by atoms with E-state index in [1.54, 1.807) is 0 Å². The van der Waals surface area contributed by atoms with Crippen LogP contribution in [-0.2, 0) is 10.0 Å². The van der Waals surface area contributed by atoms with Crippen molar-refractivity contribution in [1.29, 1.82) is 0 Å². The molecule has 0 radical (unpaired) electrons. The zero-order chi connectivity index (χ0) is 20.9. The number of hydrazone groups is 1. The van der Waals surface area contributed by atoms with Crippen molar-refractivity contribution in [3.8, 4) is 0 Å². The van der Waals surface area contributed by atoms with Crippen molar-refractivity contribution in [1.82, 2.24) is 4.31 Å². The van der Waals surface area contributed by atoms with Gasteiger partial charge in [0, 0.05) is 19.2 Å². The van der Waals surface area contributed by atoms with E-state index in [2.05, 4.69) is 10.5 Å². The summed E-state index contributed by atoms with van der Waals surface area (Å²) in [7, 11) is -3.73. The van der Waals surface area contributed by atoms with Gasteiger partial charge < -0.3 is 0 Å². The molecule has 0 spiro atoms. The zero-order valence-electron chi connectivity index (χ0n) is 16.2. The molecule has 0 bridgehead atoms. The summed E-state index contributed by atoms with van der Waals surface area (Å²) in [5.41, 5.74) is 4.30. The molecule has 1 saturated heterocycles. The summed E-state index contributed by atoms with van der Waals surface area (Å²) in [6.07, 6.45) is 3.17. The number of rotatable bonds is 8. The third kappa shape index (κ3) is 4.80. The maximum absolute atomic E-state index is 12.7. The molecule has 154 valence electrons. The summed E-state index contributed by atoms with van der Waals surface area (Å²) in [4.78, 5) is 10.9. The fourth-order valence-corrected chi connectivity index (χ4v) is 4.79. The first-order valence-corrected chi connectivity index (χ1v) is 11.0. The minimum Gasteiger partial charge on any atom is -0.271 e. The van der Waals surface area contributed by atoms with Crippen molar-refractivity contribution < 1.29 is 13.3 Å². The predicted octanol–water partition coefficient (Wildman–Crippen LogP) is 4.00. The highest BCUT2D eigenvalue weighted by Crippen LogP contribution is 2.30. The molecule has 29 heavy (non-hydrogen) atoms. The number of hydrogen-bond donors (Lipinski definition) is 1. The maximum Gasteiger partial charge on any atom is 0.295 e. The van der Waals surface area contributed by atoms with E-state index in [0.717, 1.165) is 36.6 Å². The smallest absolute Gasteiger partial charge is 0.271 e. The Morgan fingerprint density at radius 2 is 1.86 bits per heavy atom.